The average molecular weight is 539 g/mol. The van der Waals surface area contributed by atoms with Crippen LogP contribution >= 0.6 is 0 Å². The zero-order chi connectivity index (χ0) is 27.3. The number of rotatable bonds is 4. The molecule has 38 heavy (non-hydrogen) atoms. The number of fused-ring (bicyclic) bond motifs is 8. The lowest BCUT2D eigenvalue weighted by Gasteiger charge is -2.46. The Kier molecular flexibility index (Phi) is 5.40. The number of carbonyl (C=O) groups is 2. The van der Waals surface area contributed by atoms with Crippen LogP contribution < -0.4 is 15.5 Å². The van der Waals surface area contributed by atoms with Crippen molar-refractivity contribution in [3.8, 4) is 5.75 Å². The lowest BCUT2D eigenvalue weighted by molar-refractivity contribution is -0.155. The maximum Gasteiger partial charge on any atom is 0.412 e. The van der Waals surface area contributed by atoms with Crippen LogP contribution in [0.1, 0.15) is 45.8 Å². The van der Waals surface area contributed by atoms with E-state index in [1.165, 1.54) is 4.57 Å². The Bertz CT molecular complexity index is 1430. The molecular formula is C25H22F5N3O5. The quantitative estimate of drug-likeness (QED) is 0.604. The van der Waals surface area contributed by atoms with Crippen LogP contribution in [0.2, 0.25) is 0 Å². The smallest absolute Gasteiger partial charge is 0.412 e. The predicted octanol–water partition coefficient (Wildman–Crippen LogP) is 3.00. The third kappa shape index (κ3) is 3.54. The van der Waals surface area contributed by atoms with Crippen LogP contribution in [0.3, 0.4) is 0 Å². The van der Waals surface area contributed by atoms with Crippen LogP contribution in [0, 0.1) is 29.4 Å². The highest BCUT2D eigenvalue weighted by Gasteiger charge is 2.67. The molecule has 2 aliphatic carbocycles. The summed E-state index contributed by atoms with van der Waals surface area (Å²) in [5.74, 6) is -4.04. The molecule has 1 aromatic heterocycles. The summed E-state index contributed by atoms with van der Waals surface area (Å²) in [6.45, 7) is 2.14. The summed E-state index contributed by atoms with van der Waals surface area (Å²) >= 11 is 0. The maximum atomic E-state index is 14.2. The van der Waals surface area contributed by atoms with E-state index in [1.54, 1.807) is 10.2 Å². The Labute approximate surface area is 212 Å². The molecule has 0 radical (unpaired) electrons. The Morgan fingerprint density at radius 3 is 2.61 bits per heavy atom. The molecule has 2 saturated carbocycles. The Hall–Kier alpha value is -3.48. The number of aromatic nitrogens is 1. The number of ether oxygens (including phenoxy) is 2. The number of amides is 2. The number of pyridine rings is 1. The van der Waals surface area contributed by atoms with Crippen LogP contribution in [0.5, 0.6) is 5.75 Å². The van der Waals surface area contributed by atoms with Crippen molar-refractivity contribution in [1.82, 2.24) is 14.8 Å². The molecule has 4 aliphatic rings. The van der Waals surface area contributed by atoms with E-state index in [2.05, 4.69) is 6.92 Å². The standard InChI is InChI=1S/C25H22F5N3O5/c1-9-17-14-6-15(18(9)17)38-16-8-32-7-12(20(34)21(37-2)19(32)24(36)33(14)16)23(35)31-22(25(28,29)30)11-4-3-10(26)5-13(11)27/h3-5,7,9,14-18,22H,6,8H2,1-2H3,(H,31,35)/t9-,14?,15?,16-,17-,18+,22+/m1/s1. The van der Waals surface area contributed by atoms with Crippen molar-refractivity contribution in [3.05, 3.63) is 63.1 Å². The minimum absolute atomic E-state index is 0.0159. The van der Waals surface area contributed by atoms with E-state index in [1.807, 2.05) is 0 Å². The van der Waals surface area contributed by atoms with Crippen molar-refractivity contribution in [1.29, 1.82) is 0 Å². The minimum atomic E-state index is -5.17. The van der Waals surface area contributed by atoms with Crippen molar-refractivity contribution in [2.45, 2.75) is 50.5 Å². The topological polar surface area (TPSA) is 89.9 Å². The fourth-order valence-corrected chi connectivity index (χ4v) is 6.54. The molecule has 2 aliphatic heterocycles. The highest BCUT2D eigenvalue weighted by atomic mass is 19.4. The number of hydrogen-bond acceptors (Lipinski definition) is 5. The van der Waals surface area contributed by atoms with Gasteiger partial charge in [0.1, 0.15) is 17.2 Å². The first kappa shape index (κ1) is 24.8. The molecule has 3 heterocycles. The zero-order valence-electron chi connectivity index (χ0n) is 20.1. The summed E-state index contributed by atoms with van der Waals surface area (Å²) in [5.41, 5.74) is -2.98. The maximum absolute atomic E-state index is 14.2. The Morgan fingerprint density at radius 1 is 1.21 bits per heavy atom. The van der Waals surface area contributed by atoms with Gasteiger partial charge in [0.05, 0.1) is 19.8 Å². The number of alkyl halides is 3. The lowest BCUT2D eigenvalue weighted by atomic mass is 10.00. The molecule has 2 aromatic rings. The second kappa shape index (κ2) is 8.26. The van der Waals surface area contributed by atoms with E-state index in [4.69, 9.17) is 9.47 Å². The van der Waals surface area contributed by atoms with Gasteiger partial charge in [0, 0.05) is 23.9 Å². The fourth-order valence-electron chi connectivity index (χ4n) is 6.54. The molecule has 8 nitrogen and oxygen atoms in total. The second-order valence-corrected chi connectivity index (χ2v) is 10.2. The minimum Gasteiger partial charge on any atom is -0.491 e. The first-order valence-corrected chi connectivity index (χ1v) is 12.0. The summed E-state index contributed by atoms with van der Waals surface area (Å²) in [7, 11) is 1.11. The van der Waals surface area contributed by atoms with Crippen molar-refractivity contribution in [3.63, 3.8) is 0 Å². The summed E-state index contributed by atoms with van der Waals surface area (Å²) in [6, 6.07) is -1.47. The summed E-state index contributed by atoms with van der Waals surface area (Å²) in [6.07, 6.45) is -4.18. The van der Waals surface area contributed by atoms with Crippen LogP contribution in [0.15, 0.2) is 29.2 Å². The van der Waals surface area contributed by atoms with Gasteiger partial charge >= 0.3 is 6.18 Å². The van der Waals surface area contributed by atoms with Gasteiger partial charge in [0.15, 0.2) is 23.7 Å². The monoisotopic (exact) mass is 539 g/mol. The van der Waals surface area contributed by atoms with Gasteiger partial charge in [0.25, 0.3) is 11.8 Å². The van der Waals surface area contributed by atoms with Gasteiger partial charge in [-0.15, -0.1) is 0 Å². The molecule has 1 aromatic carbocycles. The molecular weight excluding hydrogens is 517 g/mol. The molecule has 0 spiro atoms. The Balaban J connectivity index is 1.36. The highest BCUT2D eigenvalue weighted by Crippen LogP contribution is 2.62. The van der Waals surface area contributed by atoms with Gasteiger partial charge in [-0.25, -0.2) is 8.78 Å². The van der Waals surface area contributed by atoms with E-state index in [0.29, 0.717) is 36.3 Å². The van der Waals surface area contributed by atoms with E-state index in [-0.39, 0.29) is 30.5 Å². The van der Waals surface area contributed by atoms with E-state index in [9.17, 15) is 36.3 Å². The number of carbonyl (C=O) groups excluding carboxylic acids is 2. The molecule has 7 atom stereocenters. The molecule has 2 unspecified atom stereocenters. The highest BCUT2D eigenvalue weighted by molar-refractivity contribution is 5.99. The van der Waals surface area contributed by atoms with Gasteiger partial charge in [-0.2, -0.15) is 13.2 Å². The Morgan fingerprint density at radius 2 is 1.95 bits per heavy atom. The lowest BCUT2D eigenvalue weighted by Crippen LogP contribution is -2.59. The summed E-state index contributed by atoms with van der Waals surface area (Å²) in [4.78, 5) is 41.3. The van der Waals surface area contributed by atoms with Gasteiger partial charge in [-0.3, -0.25) is 14.4 Å². The van der Waals surface area contributed by atoms with Crippen molar-refractivity contribution >= 4 is 11.8 Å². The number of hydrogen-bond donors (Lipinski definition) is 1. The number of methoxy groups -OCH3 is 1. The van der Waals surface area contributed by atoms with Crippen LogP contribution in [-0.4, -0.2) is 52.9 Å². The zero-order valence-corrected chi connectivity index (χ0v) is 20.1. The van der Waals surface area contributed by atoms with Crippen LogP contribution in [-0.2, 0) is 11.3 Å². The SMILES string of the molecule is COc1c2n(cc(C(=O)N[C@@H](c3ccc(F)cc3F)C(F)(F)F)c1=O)C[C@H]1OC3CC([C@H]4[C@@H](C)[C@@H]34)N1C2=O. The molecule has 3 fully saturated rings. The molecule has 2 bridgehead atoms. The second-order valence-electron chi connectivity index (χ2n) is 10.2. The van der Waals surface area contributed by atoms with Crippen LogP contribution in [0.4, 0.5) is 22.0 Å². The molecule has 2 amide bonds. The van der Waals surface area contributed by atoms with Gasteiger partial charge < -0.3 is 24.3 Å². The van der Waals surface area contributed by atoms with Gasteiger partial charge in [-0.05, 0) is 30.2 Å². The molecule has 13 heteroatoms. The van der Waals surface area contributed by atoms with E-state index < -0.39 is 64.2 Å². The molecule has 1 saturated heterocycles. The first-order valence-electron chi connectivity index (χ1n) is 12.0. The van der Waals surface area contributed by atoms with Crippen molar-refractivity contribution in [2.24, 2.45) is 17.8 Å². The number of halogens is 5. The normalized spacial score (nSPS) is 29.8. The largest absolute Gasteiger partial charge is 0.491 e. The molecule has 6 rings (SSSR count). The van der Waals surface area contributed by atoms with Gasteiger partial charge in [-0.1, -0.05) is 13.0 Å². The summed E-state index contributed by atoms with van der Waals surface area (Å²) < 4.78 is 81.5. The van der Waals surface area contributed by atoms with Crippen molar-refractivity contribution < 1.29 is 41.0 Å². The predicted molar refractivity (Wildman–Crippen MR) is 119 cm³/mol. The van der Waals surface area contributed by atoms with Crippen LogP contribution in [0.25, 0.3) is 0 Å². The third-order valence-corrected chi connectivity index (χ3v) is 8.22. The van der Waals surface area contributed by atoms with Crippen molar-refractivity contribution in [2.75, 3.05) is 7.11 Å². The fraction of sp³-hybridized carbons (Fsp3) is 0.480. The number of nitrogens with one attached hydrogen (secondary N) is 1. The molecule has 202 valence electrons. The number of benzene rings is 1. The summed E-state index contributed by atoms with van der Waals surface area (Å²) in [5, 5.41) is 1.64. The third-order valence-electron chi connectivity index (χ3n) is 8.22. The van der Waals surface area contributed by atoms with E-state index in [0.717, 1.165) is 13.3 Å². The molecule has 1 N–H and O–H groups in total. The van der Waals surface area contributed by atoms with E-state index >= 15 is 0 Å². The first-order chi connectivity index (χ1) is 17.9. The average Bonchev–Trinajstić information content (AvgIpc) is 3.41. The van der Waals surface area contributed by atoms with Gasteiger partial charge in [0.2, 0.25) is 5.43 Å². The number of nitrogens with zero attached hydrogens (tertiary/aromatic N) is 2.